The van der Waals surface area contributed by atoms with E-state index < -0.39 is 0 Å². The molecule has 0 fully saturated rings. The van der Waals surface area contributed by atoms with Gasteiger partial charge in [0, 0.05) is 24.7 Å². The van der Waals surface area contributed by atoms with Crippen LogP contribution >= 0.6 is 0 Å². The SMILES string of the molecule is COCc1ccc(C)c2c1CC=C[N+]2(C)OC. The van der Waals surface area contributed by atoms with Gasteiger partial charge in [0.2, 0.25) is 0 Å². The smallest absolute Gasteiger partial charge is 0.176 e. The lowest BCUT2D eigenvalue weighted by atomic mass is 9.96. The monoisotopic (exact) mass is 234 g/mol. The summed E-state index contributed by atoms with van der Waals surface area (Å²) in [5, 5.41) is 0. The summed E-state index contributed by atoms with van der Waals surface area (Å²) < 4.78 is 5.67. The van der Waals surface area contributed by atoms with Crippen LogP contribution in [0, 0.1) is 6.92 Å². The maximum absolute atomic E-state index is 5.63. The second-order valence-electron chi connectivity index (χ2n) is 4.56. The second-order valence-corrected chi connectivity index (χ2v) is 4.56. The third kappa shape index (κ3) is 2.02. The quantitative estimate of drug-likeness (QED) is 0.749. The molecule has 1 heterocycles. The lowest BCUT2D eigenvalue weighted by molar-refractivity contribution is -0.0583. The largest absolute Gasteiger partial charge is 0.380 e. The minimum absolute atomic E-state index is 0.402. The average Bonchev–Trinajstić information content (AvgIpc) is 2.33. The number of allylic oxidation sites excluding steroid dienone is 1. The highest BCUT2D eigenvalue weighted by molar-refractivity contribution is 5.61. The van der Waals surface area contributed by atoms with Crippen LogP contribution in [0.1, 0.15) is 16.7 Å². The molecule has 1 aromatic carbocycles. The van der Waals surface area contributed by atoms with E-state index in [4.69, 9.17) is 9.57 Å². The number of benzene rings is 1. The van der Waals surface area contributed by atoms with Gasteiger partial charge in [-0.1, -0.05) is 12.1 Å². The number of rotatable bonds is 3. The van der Waals surface area contributed by atoms with Gasteiger partial charge in [0.05, 0.1) is 13.7 Å². The molecular formula is C14H20NO2+. The molecule has 0 aromatic heterocycles. The number of ether oxygens (including phenoxy) is 1. The van der Waals surface area contributed by atoms with E-state index in [-0.39, 0.29) is 0 Å². The Hall–Kier alpha value is -1.16. The maximum atomic E-state index is 5.63. The predicted molar refractivity (Wildman–Crippen MR) is 69.5 cm³/mol. The third-order valence-corrected chi connectivity index (χ3v) is 3.42. The van der Waals surface area contributed by atoms with Crippen LogP contribution in [-0.4, -0.2) is 21.3 Å². The number of methoxy groups -OCH3 is 1. The summed E-state index contributed by atoms with van der Waals surface area (Å²) in [4.78, 5) is 5.63. The number of quaternary nitrogens is 1. The maximum Gasteiger partial charge on any atom is 0.176 e. The number of fused-ring (bicyclic) bond motifs is 1. The fourth-order valence-electron chi connectivity index (χ4n) is 2.53. The van der Waals surface area contributed by atoms with Gasteiger partial charge in [-0.2, -0.15) is 4.84 Å². The second kappa shape index (κ2) is 4.61. The number of hydrogen-bond donors (Lipinski definition) is 0. The Morgan fingerprint density at radius 2 is 2.06 bits per heavy atom. The van der Waals surface area contributed by atoms with Gasteiger partial charge in [0.15, 0.2) is 5.69 Å². The zero-order chi connectivity index (χ0) is 12.5. The number of hydrogen-bond acceptors (Lipinski definition) is 2. The summed E-state index contributed by atoms with van der Waals surface area (Å²) in [5.74, 6) is 0. The molecule has 2 rings (SSSR count). The van der Waals surface area contributed by atoms with Gasteiger partial charge in [-0.15, -0.1) is 4.65 Å². The van der Waals surface area contributed by atoms with Gasteiger partial charge in [-0.3, -0.25) is 0 Å². The van der Waals surface area contributed by atoms with Crippen molar-refractivity contribution in [3.8, 4) is 0 Å². The minimum atomic E-state index is 0.402. The first-order valence-electron chi connectivity index (χ1n) is 5.83. The summed E-state index contributed by atoms with van der Waals surface area (Å²) in [6.07, 6.45) is 5.20. The number of hydroxylamine groups is 2. The molecule has 0 bridgehead atoms. The van der Waals surface area contributed by atoms with Crippen LogP contribution in [0.2, 0.25) is 0 Å². The summed E-state index contributed by atoms with van der Waals surface area (Å²) in [7, 11) is 5.52. The highest BCUT2D eigenvalue weighted by Gasteiger charge is 2.32. The minimum Gasteiger partial charge on any atom is -0.380 e. The Kier molecular flexibility index (Phi) is 3.33. The van der Waals surface area contributed by atoms with Crippen LogP contribution in [-0.2, 0) is 22.6 Å². The fraction of sp³-hybridized carbons (Fsp3) is 0.429. The van der Waals surface area contributed by atoms with Crippen LogP contribution < -0.4 is 4.65 Å². The molecule has 1 aliphatic heterocycles. The Balaban J connectivity index is 2.60. The van der Waals surface area contributed by atoms with Crippen LogP contribution in [0.4, 0.5) is 5.69 Å². The van der Waals surface area contributed by atoms with E-state index in [9.17, 15) is 0 Å². The van der Waals surface area contributed by atoms with E-state index in [1.54, 1.807) is 14.2 Å². The van der Waals surface area contributed by atoms with Crippen molar-refractivity contribution < 1.29 is 9.57 Å². The van der Waals surface area contributed by atoms with E-state index in [2.05, 4.69) is 38.4 Å². The molecule has 1 atom stereocenters. The van der Waals surface area contributed by atoms with Crippen molar-refractivity contribution >= 4 is 5.69 Å². The number of aryl methyl sites for hydroxylation is 1. The molecule has 0 N–H and O–H groups in total. The topological polar surface area (TPSA) is 18.5 Å². The highest BCUT2D eigenvalue weighted by Crippen LogP contribution is 2.36. The van der Waals surface area contributed by atoms with Crippen molar-refractivity contribution in [1.29, 1.82) is 0 Å². The van der Waals surface area contributed by atoms with Gasteiger partial charge < -0.3 is 4.74 Å². The fourth-order valence-corrected chi connectivity index (χ4v) is 2.53. The standard InChI is InChI=1S/C14H20NO2/c1-11-7-8-12(10-16-3)13-6-5-9-15(2,17-4)14(11)13/h5,7-9H,6,10H2,1-4H3/q+1. The van der Waals surface area contributed by atoms with E-state index in [1.165, 1.54) is 22.4 Å². The van der Waals surface area contributed by atoms with E-state index in [0.717, 1.165) is 6.42 Å². The molecule has 3 heteroatoms. The normalized spacial score (nSPS) is 22.6. The summed E-state index contributed by atoms with van der Waals surface area (Å²) >= 11 is 0. The predicted octanol–water partition coefficient (Wildman–Crippen LogP) is 2.71. The Bertz CT molecular complexity index is 454. The first-order chi connectivity index (χ1) is 8.12. The van der Waals surface area contributed by atoms with Gasteiger partial charge in [0.1, 0.15) is 13.2 Å². The highest BCUT2D eigenvalue weighted by atomic mass is 16.7. The molecule has 0 spiro atoms. The molecule has 1 aromatic rings. The molecular weight excluding hydrogens is 214 g/mol. The Morgan fingerprint density at radius 3 is 2.71 bits per heavy atom. The molecule has 0 amide bonds. The zero-order valence-electron chi connectivity index (χ0n) is 11.0. The van der Waals surface area contributed by atoms with Gasteiger partial charge in [-0.05, 0) is 18.6 Å². The molecule has 0 aliphatic carbocycles. The molecule has 92 valence electrons. The van der Waals surface area contributed by atoms with Gasteiger partial charge in [0.25, 0.3) is 0 Å². The third-order valence-electron chi connectivity index (χ3n) is 3.42. The van der Waals surface area contributed by atoms with E-state index in [0.29, 0.717) is 11.3 Å². The molecule has 0 saturated carbocycles. The average molecular weight is 234 g/mol. The van der Waals surface area contributed by atoms with Crippen LogP contribution in [0.3, 0.4) is 0 Å². The molecule has 0 radical (unpaired) electrons. The van der Waals surface area contributed by atoms with Crippen LogP contribution in [0.15, 0.2) is 24.4 Å². The number of nitrogens with zero attached hydrogens (tertiary/aromatic N) is 1. The van der Waals surface area contributed by atoms with Gasteiger partial charge in [-0.25, -0.2) is 0 Å². The Morgan fingerprint density at radius 1 is 1.29 bits per heavy atom. The van der Waals surface area contributed by atoms with Crippen LogP contribution in [0.25, 0.3) is 0 Å². The summed E-state index contributed by atoms with van der Waals surface area (Å²) in [6, 6.07) is 4.29. The lowest BCUT2D eigenvalue weighted by Gasteiger charge is -2.32. The van der Waals surface area contributed by atoms with Crippen molar-refractivity contribution in [2.24, 2.45) is 0 Å². The lowest BCUT2D eigenvalue weighted by Crippen LogP contribution is -2.41. The first-order valence-corrected chi connectivity index (χ1v) is 5.83. The molecule has 1 aliphatic rings. The molecule has 0 saturated heterocycles. The first kappa shape index (κ1) is 12.3. The summed E-state index contributed by atoms with van der Waals surface area (Å²) in [5.41, 5.74) is 5.08. The van der Waals surface area contributed by atoms with Crippen molar-refractivity contribution in [1.82, 2.24) is 4.65 Å². The molecule has 1 unspecified atom stereocenters. The van der Waals surface area contributed by atoms with Crippen molar-refractivity contribution in [2.75, 3.05) is 21.3 Å². The molecule has 3 nitrogen and oxygen atoms in total. The van der Waals surface area contributed by atoms with Crippen molar-refractivity contribution in [3.05, 3.63) is 41.1 Å². The van der Waals surface area contributed by atoms with Gasteiger partial charge >= 0.3 is 0 Å². The van der Waals surface area contributed by atoms with Crippen molar-refractivity contribution in [2.45, 2.75) is 20.0 Å². The Labute approximate surface area is 103 Å². The summed E-state index contributed by atoms with van der Waals surface area (Å²) in [6.45, 7) is 2.78. The zero-order valence-corrected chi connectivity index (χ0v) is 11.0. The van der Waals surface area contributed by atoms with E-state index >= 15 is 0 Å². The van der Waals surface area contributed by atoms with Crippen LogP contribution in [0.5, 0.6) is 0 Å². The molecule has 17 heavy (non-hydrogen) atoms. The van der Waals surface area contributed by atoms with Crippen molar-refractivity contribution in [3.63, 3.8) is 0 Å². The van der Waals surface area contributed by atoms with E-state index in [1.807, 2.05) is 0 Å².